The molecule has 0 fully saturated rings. The summed E-state index contributed by atoms with van der Waals surface area (Å²) >= 11 is 1.41. The molecule has 0 bridgehead atoms. The Bertz CT molecular complexity index is 479. The van der Waals surface area contributed by atoms with Crippen LogP contribution in [0.15, 0.2) is 40.4 Å². The van der Waals surface area contributed by atoms with Gasteiger partial charge < -0.3 is 5.73 Å². The van der Waals surface area contributed by atoms with Crippen LogP contribution < -0.4 is 5.73 Å². The third-order valence-corrected chi connectivity index (χ3v) is 3.19. The van der Waals surface area contributed by atoms with Gasteiger partial charge >= 0.3 is 0 Å². The molecule has 0 unspecified atom stereocenters. The number of hydrogen-bond acceptors (Lipinski definition) is 4. The van der Waals surface area contributed by atoms with Gasteiger partial charge in [-0.15, -0.1) is 11.8 Å². The summed E-state index contributed by atoms with van der Waals surface area (Å²) in [6, 6.07) is 9.73. The maximum atomic E-state index is 11.7. The zero-order chi connectivity index (χ0) is 12.8. The standard InChI is InChI=1S/C13H14N2OS/c1-9-3-5-11(6-4-9)17-8-13(16)12(7-14)10(2)15/h3-6H,8,15H2,1-2H3/b12-10+. The number of ketones is 1. The van der Waals surface area contributed by atoms with E-state index in [-0.39, 0.29) is 22.8 Å². The largest absolute Gasteiger partial charge is 0.401 e. The number of nitriles is 1. The van der Waals surface area contributed by atoms with Gasteiger partial charge in [-0.05, 0) is 26.0 Å². The average Bonchev–Trinajstić information content (AvgIpc) is 2.28. The molecule has 3 nitrogen and oxygen atoms in total. The number of thioether (sulfide) groups is 1. The normalized spacial score (nSPS) is 11.6. The highest BCUT2D eigenvalue weighted by atomic mass is 32.2. The van der Waals surface area contributed by atoms with Gasteiger partial charge in [-0.3, -0.25) is 4.79 Å². The number of aryl methyl sites for hydroxylation is 1. The Morgan fingerprint density at radius 3 is 2.47 bits per heavy atom. The molecule has 0 heterocycles. The predicted octanol–water partition coefficient (Wildman–Crippen LogP) is 2.41. The van der Waals surface area contributed by atoms with Crippen LogP contribution in [-0.4, -0.2) is 11.5 Å². The van der Waals surface area contributed by atoms with E-state index < -0.39 is 0 Å². The number of hydrogen-bond donors (Lipinski definition) is 1. The molecule has 0 aliphatic carbocycles. The molecule has 0 atom stereocenters. The lowest BCUT2D eigenvalue weighted by atomic mass is 10.2. The first-order valence-corrected chi connectivity index (χ1v) is 6.12. The highest BCUT2D eigenvalue weighted by molar-refractivity contribution is 8.00. The molecule has 1 aromatic rings. The Kier molecular flexibility index (Phi) is 4.80. The number of allylic oxidation sites excluding steroid dienone is 2. The zero-order valence-electron chi connectivity index (χ0n) is 9.86. The van der Waals surface area contributed by atoms with Crippen LogP contribution in [0.2, 0.25) is 0 Å². The second kappa shape index (κ2) is 6.12. The molecule has 2 N–H and O–H groups in total. The van der Waals surface area contributed by atoms with Crippen LogP contribution in [0.4, 0.5) is 0 Å². The topological polar surface area (TPSA) is 66.9 Å². The van der Waals surface area contributed by atoms with Gasteiger partial charge in [0.2, 0.25) is 0 Å². The zero-order valence-corrected chi connectivity index (χ0v) is 10.7. The number of nitrogens with two attached hydrogens (primary N) is 1. The van der Waals surface area contributed by atoms with Gasteiger partial charge in [-0.1, -0.05) is 17.7 Å². The molecule has 0 amide bonds. The first-order valence-electron chi connectivity index (χ1n) is 5.13. The first kappa shape index (κ1) is 13.3. The smallest absolute Gasteiger partial charge is 0.185 e. The van der Waals surface area contributed by atoms with Crippen LogP contribution in [0.1, 0.15) is 12.5 Å². The molecule has 1 aromatic carbocycles. The van der Waals surface area contributed by atoms with E-state index in [1.54, 1.807) is 6.92 Å². The Morgan fingerprint density at radius 1 is 1.41 bits per heavy atom. The van der Waals surface area contributed by atoms with E-state index in [9.17, 15) is 4.79 Å². The summed E-state index contributed by atoms with van der Waals surface area (Å²) in [4.78, 5) is 12.7. The quantitative estimate of drug-likeness (QED) is 0.503. The summed E-state index contributed by atoms with van der Waals surface area (Å²) in [5, 5.41) is 8.78. The fraction of sp³-hybridized carbons (Fsp3) is 0.231. The molecule has 0 aliphatic rings. The third-order valence-electron chi connectivity index (χ3n) is 2.18. The minimum atomic E-state index is -0.224. The van der Waals surface area contributed by atoms with Crippen LogP contribution in [0.25, 0.3) is 0 Å². The molecular weight excluding hydrogens is 232 g/mol. The van der Waals surface area contributed by atoms with E-state index >= 15 is 0 Å². The molecule has 0 saturated heterocycles. The van der Waals surface area contributed by atoms with Gasteiger partial charge in [0.05, 0.1) is 5.75 Å². The van der Waals surface area contributed by atoms with Crippen molar-refractivity contribution >= 4 is 17.5 Å². The minimum absolute atomic E-state index is 0.0598. The lowest BCUT2D eigenvalue weighted by Crippen LogP contribution is -2.10. The van der Waals surface area contributed by atoms with Crippen molar-refractivity contribution in [3.05, 3.63) is 41.1 Å². The van der Waals surface area contributed by atoms with Crippen LogP contribution in [0.5, 0.6) is 0 Å². The first-order chi connectivity index (χ1) is 8.04. The predicted molar refractivity (Wildman–Crippen MR) is 69.4 cm³/mol. The second-order valence-electron chi connectivity index (χ2n) is 3.69. The van der Waals surface area contributed by atoms with Crippen LogP contribution in [0.3, 0.4) is 0 Å². The van der Waals surface area contributed by atoms with Crippen LogP contribution in [-0.2, 0) is 4.79 Å². The Labute approximate surface area is 105 Å². The summed E-state index contributed by atoms with van der Waals surface area (Å²) in [6.45, 7) is 3.57. The second-order valence-corrected chi connectivity index (χ2v) is 4.74. The van der Waals surface area contributed by atoms with Crippen molar-refractivity contribution in [2.75, 3.05) is 5.75 Å². The minimum Gasteiger partial charge on any atom is -0.401 e. The molecule has 0 aromatic heterocycles. The van der Waals surface area contributed by atoms with E-state index in [4.69, 9.17) is 11.0 Å². The number of carbonyl (C=O) groups is 1. The SMILES string of the molecule is C/C(N)=C(/C#N)C(=O)CSc1ccc(C)cc1. The lowest BCUT2D eigenvalue weighted by molar-refractivity contribution is -0.112. The van der Waals surface area contributed by atoms with Crippen LogP contribution in [0, 0.1) is 18.3 Å². The number of benzene rings is 1. The monoisotopic (exact) mass is 246 g/mol. The average molecular weight is 246 g/mol. The highest BCUT2D eigenvalue weighted by Crippen LogP contribution is 2.19. The van der Waals surface area contributed by atoms with Gasteiger partial charge in [0.25, 0.3) is 0 Å². The van der Waals surface area contributed by atoms with E-state index in [1.807, 2.05) is 37.3 Å². The number of carbonyl (C=O) groups excluding carboxylic acids is 1. The molecule has 88 valence electrons. The molecule has 0 aliphatic heterocycles. The summed E-state index contributed by atoms with van der Waals surface area (Å²) in [6.07, 6.45) is 0. The van der Waals surface area contributed by atoms with E-state index in [0.717, 1.165) is 4.90 Å². The van der Waals surface area contributed by atoms with Gasteiger partial charge in [0.1, 0.15) is 11.6 Å². The van der Waals surface area contributed by atoms with Gasteiger partial charge in [-0.25, -0.2) is 0 Å². The number of nitrogens with zero attached hydrogens (tertiary/aromatic N) is 1. The summed E-state index contributed by atoms with van der Waals surface area (Å²) < 4.78 is 0. The molecule has 4 heteroatoms. The maximum Gasteiger partial charge on any atom is 0.185 e. The Morgan fingerprint density at radius 2 is 2.00 bits per heavy atom. The van der Waals surface area contributed by atoms with E-state index in [1.165, 1.54) is 17.3 Å². The molecule has 0 radical (unpaired) electrons. The maximum absolute atomic E-state index is 11.7. The van der Waals surface area contributed by atoms with Crippen molar-refractivity contribution in [3.8, 4) is 6.07 Å². The summed E-state index contributed by atoms with van der Waals surface area (Å²) in [5.74, 6) is 0.0126. The van der Waals surface area contributed by atoms with Crippen molar-refractivity contribution < 1.29 is 4.79 Å². The van der Waals surface area contributed by atoms with Crippen molar-refractivity contribution in [2.45, 2.75) is 18.7 Å². The fourth-order valence-corrected chi connectivity index (χ4v) is 2.00. The van der Waals surface area contributed by atoms with E-state index in [2.05, 4.69) is 0 Å². The lowest BCUT2D eigenvalue weighted by Gasteiger charge is -2.02. The van der Waals surface area contributed by atoms with Gasteiger partial charge in [0.15, 0.2) is 5.78 Å². The van der Waals surface area contributed by atoms with Crippen molar-refractivity contribution in [1.29, 1.82) is 5.26 Å². The van der Waals surface area contributed by atoms with Crippen molar-refractivity contribution in [2.24, 2.45) is 5.73 Å². The molecule has 0 saturated carbocycles. The Hall–Kier alpha value is -1.73. The van der Waals surface area contributed by atoms with Gasteiger partial charge in [0, 0.05) is 10.6 Å². The van der Waals surface area contributed by atoms with E-state index in [0.29, 0.717) is 0 Å². The van der Waals surface area contributed by atoms with Gasteiger partial charge in [-0.2, -0.15) is 5.26 Å². The highest BCUT2D eigenvalue weighted by Gasteiger charge is 2.11. The van der Waals surface area contributed by atoms with Crippen molar-refractivity contribution in [3.63, 3.8) is 0 Å². The molecule has 1 rings (SSSR count). The van der Waals surface area contributed by atoms with Crippen LogP contribution >= 0.6 is 11.8 Å². The van der Waals surface area contributed by atoms with Crippen molar-refractivity contribution in [1.82, 2.24) is 0 Å². The number of rotatable bonds is 4. The number of Topliss-reactive ketones (excluding diaryl/α,β-unsaturated/α-hetero) is 1. The Balaban J connectivity index is 2.64. The molecular formula is C13H14N2OS. The fourth-order valence-electron chi connectivity index (χ4n) is 1.23. The summed E-state index contributed by atoms with van der Waals surface area (Å²) in [5.41, 5.74) is 6.98. The molecule has 0 spiro atoms. The third kappa shape index (κ3) is 3.97. The molecule has 17 heavy (non-hydrogen) atoms. The summed E-state index contributed by atoms with van der Waals surface area (Å²) in [7, 11) is 0.